The minimum absolute atomic E-state index is 0.222. The Morgan fingerprint density at radius 1 is 0.967 bits per heavy atom. The van der Waals surface area contributed by atoms with Crippen LogP contribution in [0.4, 0.5) is 13.2 Å². The first-order chi connectivity index (χ1) is 14.1. The zero-order valence-electron chi connectivity index (χ0n) is 16.0. The highest BCUT2D eigenvalue weighted by atomic mass is 35.5. The van der Waals surface area contributed by atoms with Gasteiger partial charge in [0.1, 0.15) is 11.3 Å². The SMILES string of the molecule is COc1ccc2cc(C3=C(C(F)(F)F)C(=O)OC3(C)c3ccc(Cl)cc3)ccc2c1. The first kappa shape index (κ1) is 20.3. The number of benzene rings is 3. The Morgan fingerprint density at radius 2 is 1.60 bits per heavy atom. The Hall–Kier alpha value is -2.99. The molecule has 0 fully saturated rings. The molecule has 0 bridgehead atoms. The molecule has 154 valence electrons. The highest BCUT2D eigenvalue weighted by molar-refractivity contribution is 6.30. The summed E-state index contributed by atoms with van der Waals surface area (Å²) in [5.74, 6) is -0.763. The van der Waals surface area contributed by atoms with Crippen molar-refractivity contribution < 1.29 is 27.4 Å². The highest BCUT2D eigenvalue weighted by Crippen LogP contribution is 2.51. The van der Waals surface area contributed by atoms with Gasteiger partial charge in [-0.25, -0.2) is 4.79 Å². The van der Waals surface area contributed by atoms with Crippen LogP contribution in [0.2, 0.25) is 5.02 Å². The van der Waals surface area contributed by atoms with Gasteiger partial charge in [0.2, 0.25) is 0 Å². The van der Waals surface area contributed by atoms with Crippen LogP contribution in [0, 0.1) is 0 Å². The normalized spacial score (nSPS) is 19.3. The predicted molar refractivity (Wildman–Crippen MR) is 108 cm³/mol. The predicted octanol–water partition coefficient (Wildman–Crippen LogP) is 6.29. The molecule has 0 saturated carbocycles. The summed E-state index contributed by atoms with van der Waals surface area (Å²) < 4.78 is 52.2. The lowest BCUT2D eigenvalue weighted by Crippen LogP contribution is -2.24. The number of hydrogen-bond acceptors (Lipinski definition) is 3. The van der Waals surface area contributed by atoms with Gasteiger partial charge < -0.3 is 9.47 Å². The van der Waals surface area contributed by atoms with Crippen LogP contribution in [-0.2, 0) is 15.1 Å². The summed E-state index contributed by atoms with van der Waals surface area (Å²) in [6.45, 7) is 1.46. The van der Waals surface area contributed by atoms with E-state index >= 15 is 0 Å². The molecular weight excluding hydrogens is 417 g/mol. The monoisotopic (exact) mass is 432 g/mol. The van der Waals surface area contributed by atoms with Crippen LogP contribution in [0.25, 0.3) is 16.3 Å². The van der Waals surface area contributed by atoms with E-state index in [1.807, 2.05) is 0 Å². The van der Waals surface area contributed by atoms with Crippen LogP contribution in [0.5, 0.6) is 5.75 Å². The molecule has 7 heteroatoms. The number of carbonyl (C=O) groups excluding carboxylic acids is 1. The molecule has 4 rings (SSSR count). The van der Waals surface area contributed by atoms with Crippen LogP contribution in [0.15, 0.2) is 66.2 Å². The van der Waals surface area contributed by atoms with Gasteiger partial charge in [-0.2, -0.15) is 13.2 Å². The molecule has 0 aromatic heterocycles. The second-order valence-electron chi connectivity index (χ2n) is 7.11. The summed E-state index contributed by atoms with van der Waals surface area (Å²) in [7, 11) is 1.54. The fraction of sp³-hybridized carbons (Fsp3) is 0.174. The molecule has 1 atom stereocenters. The van der Waals surface area contributed by atoms with Crippen molar-refractivity contribution in [3.63, 3.8) is 0 Å². The minimum Gasteiger partial charge on any atom is -0.497 e. The van der Waals surface area contributed by atoms with Crippen molar-refractivity contribution in [3.8, 4) is 5.75 Å². The quantitative estimate of drug-likeness (QED) is 0.456. The standard InChI is InChI=1S/C23H16ClF3O3/c1-22(16-6-8-17(24)9-7-16)19(20(21(28)30-22)23(25,26)27)15-4-3-14-12-18(29-2)10-5-13(14)11-15/h3-12H,1-2H3. The van der Waals surface area contributed by atoms with Crippen LogP contribution in [0.1, 0.15) is 18.1 Å². The number of ether oxygens (including phenoxy) is 2. The number of halogens is 4. The zero-order valence-corrected chi connectivity index (χ0v) is 16.8. The molecule has 3 nitrogen and oxygen atoms in total. The molecule has 3 aromatic carbocycles. The second kappa shape index (κ2) is 7.06. The molecule has 0 spiro atoms. The summed E-state index contributed by atoms with van der Waals surface area (Å²) in [6, 6.07) is 16.3. The fourth-order valence-corrected chi connectivity index (χ4v) is 3.91. The van der Waals surface area contributed by atoms with Crippen molar-refractivity contribution in [2.24, 2.45) is 0 Å². The Bertz CT molecular complexity index is 1180. The number of cyclic esters (lactones) is 1. The van der Waals surface area contributed by atoms with E-state index < -0.39 is 23.3 Å². The molecule has 0 N–H and O–H groups in total. The van der Waals surface area contributed by atoms with E-state index in [9.17, 15) is 18.0 Å². The molecule has 0 amide bonds. The molecule has 3 aromatic rings. The van der Waals surface area contributed by atoms with Crippen molar-refractivity contribution in [1.29, 1.82) is 0 Å². The average molecular weight is 433 g/mol. The average Bonchev–Trinajstić information content (AvgIpc) is 2.99. The molecule has 0 radical (unpaired) electrons. The van der Waals surface area contributed by atoms with Gasteiger partial charge in [-0.15, -0.1) is 0 Å². The molecule has 0 aliphatic carbocycles. The maximum Gasteiger partial charge on any atom is 0.423 e. The third kappa shape index (κ3) is 3.31. The van der Waals surface area contributed by atoms with Gasteiger partial charge in [0.15, 0.2) is 5.60 Å². The Balaban J connectivity index is 1.97. The molecule has 1 unspecified atom stereocenters. The van der Waals surface area contributed by atoms with E-state index in [4.69, 9.17) is 21.1 Å². The van der Waals surface area contributed by atoms with Crippen LogP contribution in [0.3, 0.4) is 0 Å². The van der Waals surface area contributed by atoms with Gasteiger partial charge >= 0.3 is 12.1 Å². The number of alkyl halides is 3. The van der Waals surface area contributed by atoms with E-state index in [2.05, 4.69) is 0 Å². The summed E-state index contributed by atoms with van der Waals surface area (Å²) in [5.41, 5.74) is -2.49. The van der Waals surface area contributed by atoms with Crippen LogP contribution in [-0.4, -0.2) is 19.3 Å². The van der Waals surface area contributed by atoms with Gasteiger partial charge in [-0.3, -0.25) is 0 Å². The van der Waals surface area contributed by atoms with E-state index in [1.165, 1.54) is 14.0 Å². The Morgan fingerprint density at radius 3 is 2.23 bits per heavy atom. The number of carbonyl (C=O) groups is 1. The molecule has 1 aliphatic rings. The van der Waals surface area contributed by atoms with E-state index in [0.717, 1.165) is 5.39 Å². The minimum atomic E-state index is -4.87. The number of methoxy groups -OCH3 is 1. The smallest absolute Gasteiger partial charge is 0.423 e. The highest BCUT2D eigenvalue weighted by Gasteiger charge is 2.55. The van der Waals surface area contributed by atoms with Gasteiger partial charge in [-0.1, -0.05) is 41.9 Å². The van der Waals surface area contributed by atoms with Gasteiger partial charge in [0, 0.05) is 10.6 Å². The summed E-state index contributed by atoms with van der Waals surface area (Å²) in [5, 5.41) is 1.93. The largest absolute Gasteiger partial charge is 0.497 e. The van der Waals surface area contributed by atoms with Gasteiger partial charge in [-0.05, 0) is 59.2 Å². The Kier molecular flexibility index (Phi) is 4.77. The maximum absolute atomic E-state index is 13.9. The zero-order chi connectivity index (χ0) is 21.7. The lowest BCUT2D eigenvalue weighted by molar-refractivity contribution is -0.154. The van der Waals surface area contributed by atoms with Gasteiger partial charge in [0.05, 0.1) is 7.11 Å². The summed E-state index contributed by atoms with van der Waals surface area (Å²) in [4.78, 5) is 12.4. The van der Waals surface area contributed by atoms with E-state index in [0.29, 0.717) is 21.7 Å². The molecule has 1 heterocycles. The van der Waals surface area contributed by atoms with Crippen molar-refractivity contribution >= 4 is 33.9 Å². The Labute approximate surface area is 175 Å². The van der Waals surface area contributed by atoms with E-state index in [-0.39, 0.29) is 11.1 Å². The fourth-order valence-electron chi connectivity index (χ4n) is 3.78. The lowest BCUT2D eigenvalue weighted by atomic mass is 9.82. The van der Waals surface area contributed by atoms with Crippen LogP contribution >= 0.6 is 11.6 Å². The summed E-state index contributed by atoms with van der Waals surface area (Å²) >= 11 is 5.93. The summed E-state index contributed by atoms with van der Waals surface area (Å²) in [6.07, 6.45) is -4.87. The first-order valence-electron chi connectivity index (χ1n) is 9.03. The second-order valence-corrected chi connectivity index (χ2v) is 7.54. The molecular formula is C23H16ClF3O3. The van der Waals surface area contributed by atoms with Crippen LogP contribution < -0.4 is 4.74 Å². The van der Waals surface area contributed by atoms with Crippen molar-refractivity contribution in [3.05, 3.63) is 82.4 Å². The molecule has 0 saturated heterocycles. The number of hydrogen-bond donors (Lipinski definition) is 0. The third-order valence-electron chi connectivity index (χ3n) is 5.24. The first-order valence-corrected chi connectivity index (χ1v) is 9.41. The van der Waals surface area contributed by atoms with E-state index in [1.54, 1.807) is 60.7 Å². The van der Waals surface area contributed by atoms with Gasteiger partial charge in [0.25, 0.3) is 0 Å². The van der Waals surface area contributed by atoms with Crippen molar-refractivity contribution in [2.45, 2.75) is 18.7 Å². The van der Waals surface area contributed by atoms with Crippen molar-refractivity contribution in [1.82, 2.24) is 0 Å². The van der Waals surface area contributed by atoms with Crippen molar-refractivity contribution in [2.75, 3.05) is 7.11 Å². The number of esters is 1. The maximum atomic E-state index is 13.9. The number of rotatable bonds is 3. The number of fused-ring (bicyclic) bond motifs is 1. The lowest BCUT2D eigenvalue weighted by Gasteiger charge is -2.28. The topological polar surface area (TPSA) is 35.5 Å². The molecule has 30 heavy (non-hydrogen) atoms. The molecule has 1 aliphatic heterocycles. The third-order valence-corrected chi connectivity index (χ3v) is 5.49.